The van der Waals surface area contributed by atoms with E-state index in [1.54, 1.807) is 0 Å². The first-order valence-corrected chi connectivity index (χ1v) is 7.21. The van der Waals surface area contributed by atoms with Gasteiger partial charge in [-0.15, -0.1) is 11.3 Å². The lowest BCUT2D eigenvalue weighted by Gasteiger charge is -2.04. The van der Waals surface area contributed by atoms with Crippen LogP contribution in [-0.4, -0.2) is 17.1 Å². The van der Waals surface area contributed by atoms with E-state index in [0.717, 1.165) is 12.0 Å². The number of carboxylic acids is 1. The molecule has 0 bridgehead atoms. The molecule has 2 aromatic rings. The maximum Gasteiger partial charge on any atom is 0.346 e. The zero-order valence-corrected chi connectivity index (χ0v) is 11.2. The molecule has 0 saturated heterocycles. The minimum atomic E-state index is -0.831. The van der Waals surface area contributed by atoms with Crippen LogP contribution in [0, 0.1) is 0 Å². The first kappa shape index (κ1) is 12.4. The Morgan fingerprint density at radius 2 is 2.11 bits per heavy atom. The van der Waals surface area contributed by atoms with E-state index in [2.05, 4.69) is 29.6 Å². The molecule has 3 rings (SSSR count). The summed E-state index contributed by atoms with van der Waals surface area (Å²) in [5.41, 5.74) is 2.25. The summed E-state index contributed by atoms with van der Waals surface area (Å²) in [6.45, 7) is 0.638. The van der Waals surface area contributed by atoms with E-state index in [9.17, 15) is 4.79 Å². The third-order valence-corrected chi connectivity index (χ3v) is 4.46. The van der Waals surface area contributed by atoms with Crippen LogP contribution in [0.5, 0.6) is 0 Å². The highest BCUT2D eigenvalue weighted by Gasteiger charge is 2.37. The predicted molar refractivity (Wildman–Crippen MR) is 75.7 cm³/mol. The van der Waals surface area contributed by atoms with Gasteiger partial charge in [-0.2, -0.15) is 0 Å². The van der Waals surface area contributed by atoms with Crippen LogP contribution in [0.2, 0.25) is 0 Å². The van der Waals surface area contributed by atoms with Crippen molar-refractivity contribution in [3.63, 3.8) is 0 Å². The van der Waals surface area contributed by atoms with Gasteiger partial charge in [0.15, 0.2) is 0 Å². The molecule has 3 nitrogen and oxygen atoms in total. The lowest BCUT2D eigenvalue weighted by Crippen LogP contribution is -2.18. The van der Waals surface area contributed by atoms with Crippen molar-refractivity contribution in [2.75, 3.05) is 0 Å². The molecule has 0 radical (unpaired) electrons. The number of benzene rings is 1. The second-order valence-corrected chi connectivity index (χ2v) is 5.74. The van der Waals surface area contributed by atoms with Crippen LogP contribution in [0.3, 0.4) is 0 Å². The van der Waals surface area contributed by atoms with Gasteiger partial charge in [-0.25, -0.2) is 4.79 Å². The van der Waals surface area contributed by atoms with Crippen molar-refractivity contribution in [3.05, 3.63) is 57.8 Å². The fraction of sp³-hybridized carbons (Fsp3) is 0.267. The molecular weight excluding hydrogens is 258 g/mol. The van der Waals surface area contributed by atoms with Crippen LogP contribution in [-0.2, 0) is 6.54 Å². The van der Waals surface area contributed by atoms with Crippen molar-refractivity contribution in [2.45, 2.75) is 24.9 Å². The number of hydrogen-bond acceptors (Lipinski definition) is 3. The number of thiophene rings is 1. The van der Waals surface area contributed by atoms with Gasteiger partial charge in [-0.05, 0) is 29.0 Å². The second-order valence-electron chi connectivity index (χ2n) is 4.82. The van der Waals surface area contributed by atoms with Crippen molar-refractivity contribution < 1.29 is 9.90 Å². The third kappa shape index (κ3) is 2.69. The highest BCUT2D eigenvalue weighted by molar-refractivity contribution is 7.12. The Morgan fingerprint density at radius 1 is 1.32 bits per heavy atom. The predicted octanol–water partition coefficient (Wildman–Crippen LogP) is 3.09. The zero-order valence-electron chi connectivity index (χ0n) is 10.4. The van der Waals surface area contributed by atoms with Crippen LogP contribution in [0.1, 0.15) is 33.1 Å². The Hall–Kier alpha value is -1.65. The molecule has 0 amide bonds. The fourth-order valence-electron chi connectivity index (χ4n) is 2.39. The topological polar surface area (TPSA) is 49.3 Å². The Bertz CT molecular complexity index is 579. The smallest absolute Gasteiger partial charge is 0.346 e. The van der Waals surface area contributed by atoms with Gasteiger partial charge in [0.1, 0.15) is 4.88 Å². The lowest BCUT2D eigenvalue weighted by molar-refractivity contribution is 0.0701. The zero-order chi connectivity index (χ0) is 13.2. The summed E-state index contributed by atoms with van der Waals surface area (Å²) >= 11 is 1.29. The quantitative estimate of drug-likeness (QED) is 0.880. The average Bonchev–Trinajstić information content (AvgIpc) is 3.05. The van der Waals surface area contributed by atoms with Crippen molar-refractivity contribution in [1.82, 2.24) is 5.32 Å². The summed E-state index contributed by atoms with van der Waals surface area (Å²) in [5.74, 6) is -0.254. The molecule has 0 aliphatic heterocycles. The van der Waals surface area contributed by atoms with Gasteiger partial charge in [0, 0.05) is 18.5 Å². The van der Waals surface area contributed by atoms with Gasteiger partial charge in [-0.1, -0.05) is 30.3 Å². The van der Waals surface area contributed by atoms with E-state index in [4.69, 9.17) is 5.11 Å². The summed E-state index contributed by atoms with van der Waals surface area (Å²) in [7, 11) is 0. The van der Waals surface area contributed by atoms with E-state index in [1.807, 2.05) is 17.5 Å². The second kappa shape index (κ2) is 5.15. The molecule has 1 aliphatic rings. The van der Waals surface area contributed by atoms with Gasteiger partial charge in [0.2, 0.25) is 0 Å². The molecule has 1 saturated carbocycles. The number of carbonyl (C=O) groups is 1. The molecule has 19 heavy (non-hydrogen) atoms. The van der Waals surface area contributed by atoms with Crippen LogP contribution < -0.4 is 5.32 Å². The van der Waals surface area contributed by atoms with Gasteiger partial charge < -0.3 is 10.4 Å². The average molecular weight is 273 g/mol. The maximum absolute atomic E-state index is 11.0. The Morgan fingerprint density at radius 3 is 2.84 bits per heavy atom. The highest BCUT2D eigenvalue weighted by Crippen LogP contribution is 2.40. The van der Waals surface area contributed by atoms with Crippen molar-refractivity contribution in [3.8, 4) is 0 Å². The summed E-state index contributed by atoms with van der Waals surface area (Å²) < 4.78 is 0. The molecule has 1 fully saturated rings. The van der Waals surface area contributed by atoms with Crippen LogP contribution >= 0.6 is 11.3 Å². The fourth-order valence-corrected chi connectivity index (χ4v) is 3.15. The van der Waals surface area contributed by atoms with Gasteiger partial charge in [0.05, 0.1) is 0 Å². The van der Waals surface area contributed by atoms with Gasteiger partial charge >= 0.3 is 5.97 Å². The summed E-state index contributed by atoms with van der Waals surface area (Å²) in [6, 6.07) is 12.8. The molecule has 1 heterocycles. The number of carboxylic acid groups (broad SMARTS) is 1. The summed E-state index contributed by atoms with van der Waals surface area (Å²) in [6.07, 6.45) is 1.14. The number of nitrogens with one attached hydrogen (secondary N) is 1. The first-order chi connectivity index (χ1) is 9.25. The summed E-state index contributed by atoms with van der Waals surface area (Å²) in [4.78, 5) is 11.5. The number of rotatable bonds is 5. The Kier molecular flexibility index (Phi) is 3.36. The molecule has 1 aliphatic carbocycles. The largest absolute Gasteiger partial charge is 0.477 e. The van der Waals surface area contributed by atoms with E-state index < -0.39 is 5.97 Å². The van der Waals surface area contributed by atoms with Gasteiger partial charge in [-0.3, -0.25) is 0 Å². The SMILES string of the molecule is O=C(O)c1sccc1CNC1CC1c1ccccc1. The molecule has 0 spiro atoms. The van der Waals surface area contributed by atoms with E-state index >= 15 is 0 Å². The molecule has 98 valence electrons. The lowest BCUT2D eigenvalue weighted by atomic mass is 10.1. The number of hydrogen-bond donors (Lipinski definition) is 2. The molecule has 2 unspecified atom stereocenters. The van der Waals surface area contributed by atoms with Crippen molar-refractivity contribution >= 4 is 17.3 Å². The van der Waals surface area contributed by atoms with Crippen LogP contribution in [0.15, 0.2) is 41.8 Å². The Balaban J connectivity index is 1.57. The van der Waals surface area contributed by atoms with Crippen molar-refractivity contribution in [2.24, 2.45) is 0 Å². The number of aromatic carboxylic acids is 1. The minimum absolute atomic E-state index is 0.449. The van der Waals surface area contributed by atoms with Crippen LogP contribution in [0.25, 0.3) is 0 Å². The molecule has 2 atom stereocenters. The normalized spacial score (nSPS) is 21.3. The standard InChI is InChI=1S/C15H15NO2S/c17-15(18)14-11(6-7-19-14)9-16-13-8-12(13)10-4-2-1-3-5-10/h1-7,12-13,16H,8-9H2,(H,17,18). The van der Waals surface area contributed by atoms with E-state index in [-0.39, 0.29) is 0 Å². The third-order valence-electron chi connectivity index (χ3n) is 3.51. The monoisotopic (exact) mass is 273 g/mol. The summed E-state index contributed by atoms with van der Waals surface area (Å²) in [5, 5.41) is 14.3. The van der Waals surface area contributed by atoms with Crippen LogP contribution in [0.4, 0.5) is 0 Å². The molecule has 1 aromatic carbocycles. The molecule has 2 N–H and O–H groups in total. The van der Waals surface area contributed by atoms with Gasteiger partial charge in [0.25, 0.3) is 0 Å². The minimum Gasteiger partial charge on any atom is -0.477 e. The van der Waals surface area contributed by atoms with E-state index in [0.29, 0.717) is 23.4 Å². The molecule has 4 heteroatoms. The molecule has 1 aromatic heterocycles. The van der Waals surface area contributed by atoms with E-state index in [1.165, 1.54) is 16.9 Å². The Labute approximate surface area is 115 Å². The first-order valence-electron chi connectivity index (χ1n) is 6.33. The molecular formula is C15H15NO2S. The highest BCUT2D eigenvalue weighted by atomic mass is 32.1. The maximum atomic E-state index is 11.0. The van der Waals surface area contributed by atoms with Crippen molar-refractivity contribution in [1.29, 1.82) is 0 Å².